The highest BCUT2D eigenvalue weighted by Gasteiger charge is 2.31. The minimum absolute atomic E-state index is 0.171. The van der Waals surface area contributed by atoms with Gasteiger partial charge in [-0.1, -0.05) is 0 Å². The molecule has 0 atom stereocenters. The van der Waals surface area contributed by atoms with Crippen LogP contribution in [0, 0.1) is 0 Å². The summed E-state index contributed by atoms with van der Waals surface area (Å²) < 4.78 is 26.8. The molecule has 3 N–H and O–H groups in total. The minimum atomic E-state index is -3.52. The number of aliphatic imine (C=N–C) groups is 1. The zero-order chi connectivity index (χ0) is 18.4. The molecule has 1 saturated heterocycles. The molecule has 3 rings (SSSR count). The maximum absolute atomic E-state index is 12.1. The average molecular weight is 381 g/mol. The van der Waals surface area contributed by atoms with E-state index in [-0.39, 0.29) is 11.4 Å². The highest BCUT2D eigenvalue weighted by Crippen LogP contribution is 2.29. The van der Waals surface area contributed by atoms with Gasteiger partial charge in [-0.25, -0.2) is 13.1 Å². The molecule has 2 fully saturated rings. The van der Waals surface area contributed by atoms with Crippen LogP contribution >= 0.6 is 0 Å². The Morgan fingerprint density at radius 3 is 2.65 bits per heavy atom. The van der Waals surface area contributed by atoms with E-state index in [0.717, 1.165) is 37.9 Å². The summed E-state index contributed by atoms with van der Waals surface area (Å²) in [5.41, 5.74) is 0. The van der Waals surface area contributed by atoms with Gasteiger partial charge in [-0.3, -0.25) is 9.98 Å². The van der Waals surface area contributed by atoms with E-state index < -0.39 is 10.0 Å². The van der Waals surface area contributed by atoms with Gasteiger partial charge < -0.3 is 15.5 Å². The van der Waals surface area contributed by atoms with Crippen molar-refractivity contribution in [1.82, 2.24) is 25.2 Å². The summed E-state index contributed by atoms with van der Waals surface area (Å²) in [4.78, 5) is 10.8. The van der Waals surface area contributed by atoms with Crippen LogP contribution in [-0.4, -0.2) is 69.6 Å². The molecule has 9 heteroatoms. The molecule has 8 nitrogen and oxygen atoms in total. The van der Waals surface area contributed by atoms with E-state index in [1.54, 1.807) is 19.3 Å². The normalized spacial score (nSPS) is 20.1. The molecule has 0 unspecified atom stereocenters. The molecule has 144 valence electrons. The van der Waals surface area contributed by atoms with E-state index in [2.05, 4.69) is 30.2 Å². The molecule has 2 heterocycles. The number of rotatable bonds is 7. The lowest BCUT2D eigenvalue weighted by molar-refractivity contribution is 0.197. The van der Waals surface area contributed by atoms with Crippen molar-refractivity contribution in [3.05, 3.63) is 24.5 Å². The number of aromatic nitrogens is 1. The molecule has 1 saturated carbocycles. The zero-order valence-corrected chi connectivity index (χ0v) is 16.0. The van der Waals surface area contributed by atoms with Crippen molar-refractivity contribution in [2.45, 2.75) is 42.7 Å². The Labute approximate surface area is 155 Å². The minimum Gasteiger partial charge on any atom is -0.355 e. The molecule has 0 aromatic carbocycles. The molecule has 2 aliphatic rings. The van der Waals surface area contributed by atoms with Crippen LogP contribution < -0.4 is 15.4 Å². The molecular weight excluding hydrogens is 352 g/mol. The first kappa shape index (κ1) is 19.1. The molecule has 0 bridgehead atoms. The van der Waals surface area contributed by atoms with Crippen molar-refractivity contribution in [3.8, 4) is 0 Å². The van der Waals surface area contributed by atoms with Crippen LogP contribution in [0.5, 0.6) is 0 Å². The van der Waals surface area contributed by atoms with Gasteiger partial charge in [0, 0.05) is 57.7 Å². The van der Waals surface area contributed by atoms with Gasteiger partial charge in [0.15, 0.2) is 5.96 Å². The largest absolute Gasteiger partial charge is 0.355 e. The second-order valence-electron chi connectivity index (χ2n) is 6.77. The average Bonchev–Trinajstić information content (AvgIpc) is 3.51. The van der Waals surface area contributed by atoms with E-state index in [4.69, 9.17) is 0 Å². The first-order chi connectivity index (χ1) is 12.6. The van der Waals surface area contributed by atoms with Crippen molar-refractivity contribution < 1.29 is 8.42 Å². The molecular formula is C17H28N6O2S. The summed E-state index contributed by atoms with van der Waals surface area (Å²) in [6.45, 7) is 3.02. The van der Waals surface area contributed by atoms with Crippen LogP contribution in [0.15, 0.2) is 34.4 Å². The third kappa shape index (κ3) is 5.39. The lowest BCUT2D eigenvalue weighted by Crippen LogP contribution is -2.50. The number of hydrogen-bond acceptors (Lipinski definition) is 5. The molecule has 1 aliphatic heterocycles. The zero-order valence-electron chi connectivity index (χ0n) is 15.2. The summed E-state index contributed by atoms with van der Waals surface area (Å²) in [7, 11) is -1.79. The first-order valence-electron chi connectivity index (χ1n) is 9.19. The monoisotopic (exact) mass is 380 g/mol. The van der Waals surface area contributed by atoms with Gasteiger partial charge in [-0.05, 0) is 37.8 Å². The lowest BCUT2D eigenvalue weighted by Gasteiger charge is -2.33. The fourth-order valence-corrected chi connectivity index (χ4v) is 4.19. The molecule has 0 spiro atoms. The van der Waals surface area contributed by atoms with E-state index in [1.165, 1.54) is 25.1 Å². The lowest BCUT2D eigenvalue weighted by atomic mass is 10.1. The number of pyridine rings is 1. The van der Waals surface area contributed by atoms with Crippen LogP contribution in [0.2, 0.25) is 0 Å². The van der Waals surface area contributed by atoms with Crippen molar-refractivity contribution in [2.75, 3.05) is 33.2 Å². The van der Waals surface area contributed by atoms with Gasteiger partial charge in [0.2, 0.25) is 10.0 Å². The number of nitrogens with zero attached hydrogens (tertiary/aromatic N) is 3. The Morgan fingerprint density at radius 1 is 1.27 bits per heavy atom. The Balaban J connectivity index is 1.36. The number of nitrogens with one attached hydrogen (secondary N) is 3. The SMILES string of the molecule is CN=C(NCCNS(=O)(=O)c1cccnc1)NC1CCN(C2CC2)CC1. The van der Waals surface area contributed by atoms with Gasteiger partial charge in [-0.2, -0.15) is 0 Å². The highest BCUT2D eigenvalue weighted by atomic mass is 32.2. The summed E-state index contributed by atoms with van der Waals surface area (Å²) in [5, 5.41) is 6.61. The van der Waals surface area contributed by atoms with Crippen LogP contribution in [0.25, 0.3) is 0 Å². The van der Waals surface area contributed by atoms with E-state index in [9.17, 15) is 8.42 Å². The second kappa shape index (κ2) is 8.79. The van der Waals surface area contributed by atoms with Crippen LogP contribution in [-0.2, 0) is 10.0 Å². The molecule has 1 aromatic heterocycles. The van der Waals surface area contributed by atoms with Crippen molar-refractivity contribution >= 4 is 16.0 Å². The van der Waals surface area contributed by atoms with Gasteiger partial charge >= 0.3 is 0 Å². The van der Waals surface area contributed by atoms with Crippen molar-refractivity contribution in [1.29, 1.82) is 0 Å². The van der Waals surface area contributed by atoms with Crippen LogP contribution in [0.1, 0.15) is 25.7 Å². The third-order valence-corrected chi connectivity index (χ3v) is 6.26. The molecule has 0 radical (unpaired) electrons. The van der Waals surface area contributed by atoms with E-state index in [1.807, 2.05) is 0 Å². The number of likely N-dealkylation sites (tertiary alicyclic amines) is 1. The smallest absolute Gasteiger partial charge is 0.242 e. The Morgan fingerprint density at radius 2 is 2.04 bits per heavy atom. The fourth-order valence-electron chi connectivity index (χ4n) is 3.19. The highest BCUT2D eigenvalue weighted by molar-refractivity contribution is 7.89. The topological polar surface area (TPSA) is 98.7 Å². The second-order valence-corrected chi connectivity index (χ2v) is 8.54. The predicted octanol–water partition coefficient (Wildman–Crippen LogP) is 0.152. The summed E-state index contributed by atoms with van der Waals surface area (Å²) in [5.74, 6) is 0.718. The maximum Gasteiger partial charge on any atom is 0.242 e. The van der Waals surface area contributed by atoms with Crippen LogP contribution in [0.3, 0.4) is 0 Å². The number of piperidine rings is 1. The van der Waals surface area contributed by atoms with Crippen LogP contribution in [0.4, 0.5) is 0 Å². The fraction of sp³-hybridized carbons (Fsp3) is 0.647. The quantitative estimate of drug-likeness (QED) is 0.354. The molecule has 1 aliphatic carbocycles. The Kier molecular flexibility index (Phi) is 6.44. The summed E-state index contributed by atoms with van der Waals surface area (Å²) in [6.07, 6.45) is 7.83. The third-order valence-electron chi connectivity index (χ3n) is 4.81. The number of guanidine groups is 1. The van der Waals surface area contributed by atoms with E-state index in [0.29, 0.717) is 12.6 Å². The van der Waals surface area contributed by atoms with Crippen molar-refractivity contribution in [3.63, 3.8) is 0 Å². The molecule has 0 amide bonds. The van der Waals surface area contributed by atoms with Crippen molar-refractivity contribution in [2.24, 2.45) is 4.99 Å². The molecule has 1 aromatic rings. The number of hydrogen-bond donors (Lipinski definition) is 3. The standard InChI is InChI=1S/C17H28N6O2S/c1-18-17(22-14-6-11-23(12-7-14)15-4-5-15)20-9-10-21-26(24,25)16-3-2-8-19-13-16/h2-3,8,13-15,21H,4-7,9-12H2,1H3,(H2,18,20,22). The first-order valence-corrected chi connectivity index (χ1v) is 10.7. The van der Waals surface area contributed by atoms with Gasteiger partial charge in [0.05, 0.1) is 0 Å². The summed E-state index contributed by atoms with van der Waals surface area (Å²) in [6, 6.07) is 4.38. The maximum atomic E-state index is 12.1. The molecule has 26 heavy (non-hydrogen) atoms. The van der Waals surface area contributed by atoms with E-state index >= 15 is 0 Å². The van der Waals surface area contributed by atoms with Gasteiger partial charge in [-0.15, -0.1) is 0 Å². The number of sulfonamides is 1. The van der Waals surface area contributed by atoms with Gasteiger partial charge in [0.1, 0.15) is 4.90 Å². The Hall–Kier alpha value is -1.71. The predicted molar refractivity (Wildman–Crippen MR) is 102 cm³/mol. The summed E-state index contributed by atoms with van der Waals surface area (Å²) >= 11 is 0. The van der Waals surface area contributed by atoms with Gasteiger partial charge in [0.25, 0.3) is 0 Å². The Bertz CT molecular complexity index is 697.